The topological polar surface area (TPSA) is 13.1 Å². The molecule has 0 spiro atoms. The van der Waals surface area contributed by atoms with Crippen LogP contribution in [0, 0.1) is 6.92 Å². The lowest BCUT2D eigenvalue weighted by molar-refractivity contribution is 0.578. The second-order valence-corrected chi connectivity index (χ2v) is 3.95. The van der Waals surface area contributed by atoms with Gasteiger partial charge in [0, 0.05) is 20.9 Å². The fourth-order valence-corrected chi connectivity index (χ4v) is 2.09. The largest absolute Gasteiger partial charge is 0.461 e. The van der Waals surface area contributed by atoms with E-state index >= 15 is 0 Å². The van der Waals surface area contributed by atoms with E-state index < -0.39 is 0 Å². The Morgan fingerprint density at radius 1 is 1.33 bits per heavy atom. The maximum Gasteiger partial charge on any atom is 0.136 e. The van der Waals surface area contributed by atoms with Gasteiger partial charge in [0.15, 0.2) is 0 Å². The SMILES string of the molecule is Cc1cc2c(Br)cc(Cl)cc2o1. The first-order valence-corrected chi connectivity index (χ1v) is 4.69. The quantitative estimate of drug-likeness (QED) is 0.679. The van der Waals surface area contributed by atoms with Gasteiger partial charge in [0.05, 0.1) is 0 Å². The summed E-state index contributed by atoms with van der Waals surface area (Å²) in [4.78, 5) is 0. The van der Waals surface area contributed by atoms with Crippen molar-refractivity contribution in [1.82, 2.24) is 0 Å². The number of hydrogen-bond donors (Lipinski definition) is 0. The molecule has 0 radical (unpaired) electrons. The van der Waals surface area contributed by atoms with E-state index in [1.807, 2.05) is 25.1 Å². The molecule has 1 nitrogen and oxygen atoms in total. The molecule has 1 aromatic heterocycles. The molecule has 0 bridgehead atoms. The van der Waals surface area contributed by atoms with Gasteiger partial charge < -0.3 is 4.42 Å². The van der Waals surface area contributed by atoms with Crippen LogP contribution in [0.5, 0.6) is 0 Å². The summed E-state index contributed by atoms with van der Waals surface area (Å²) in [6.07, 6.45) is 0. The summed E-state index contributed by atoms with van der Waals surface area (Å²) in [5.41, 5.74) is 0.826. The second-order valence-electron chi connectivity index (χ2n) is 2.66. The van der Waals surface area contributed by atoms with Crippen molar-refractivity contribution in [3.8, 4) is 0 Å². The van der Waals surface area contributed by atoms with Crippen LogP contribution in [0.1, 0.15) is 5.76 Å². The molecule has 0 aliphatic carbocycles. The molecular formula is C9H6BrClO. The Hall–Kier alpha value is -0.470. The molecule has 0 amide bonds. The van der Waals surface area contributed by atoms with Gasteiger partial charge in [0.1, 0.15) is 11.3 Å². The van der Waals surface area contributed by atoms with E-state index in [1.165, 1.54) is 0 Å². The highest BCUT2D eigenvalue weighted by Crippen LogP contribution is 2.30. The van der Waals surface area contributed by atoms with Crippen molar-refractivity contribution in [1.29, 1.82) is 0 Å². The maximum atomic E-state index is 5.84. The average molecular weight is 246 g/mol. The van der Waals surface area contributed by atoms with Crippen molar-refractivity contribution >= 4 is 38.5 Å². The number of benzene rings is 1. The molecule has 2 aromatic rings. The van der Waals surface area contributed by atoms with Gasteiger partial charge in [-0.3, -0.25) is 0 Å². The lowest BCUT2D eigenvalue weighted by Crippen LogP contribution is -1.67. The van der Waals surface area contributed by atoms with Crippen LogP contribution in [0.15, 0.2) is 27.1 Å². The Labute approximate surface area is 83.4 Å². The Morgan fingerprint density at radius 2 is 2.08 bits per heavy atom. The molecule has 3 heteroatoms. The van der Waals surface area contributed by atoms with Crippen LogP contribution in [0.4, 0.5) is 0 Å². The molecule has 62 valence electrons. The summed E-state index contributed by atoms with van der Waals surface area (Å²) in [5.74, 6) is 0.896. The number of hydrogen-bond acceptors (Lipinski definition) is 1. The van der Waals surface area contributed by atoms with Crippen LogP contribution >= 0.6 is 27.5 Å². The van der Waals surface area contributed by atoms with Gasteiger partial charge in [-0.15, -0.1) is 0 Å². The smallest absolute Gasteiger partial charge is 0.136 e. The number of furan rings is 1. The predicted molar refractivity (Wildman–Crippen MR) is 53.7 cm³/mol. The fourth-order valence-electron chi connectivity index (χ4n) is 1.19. The molecule has 0 atom stereocenters. The number of fused-ring (bicyclic) bond motifs is 1. The van der Waals surface area contributed by atoms with Crippen LogP contribution in [0.2, 0.25) is 5.02 Å². The Bertz CT molecular complexity index is 433. The minimum absolute atomic E-state index is 0.684. The van der Waals surface area contributed by atoms with E-state index in [0.717, 1.165) is 21.2 Å². The summed E-state index contributed by atoms with van der Waals surface area (Å²) in [6, 6.07) is 5.66. The van der Waals surface area contributed by atoms with Gasteiger partial charge in [-0.25, -0.2) is 0 Å². The summed E-state index contributed by atoms with van der Waals surface area (Å²) >= 11 is 9.26. The zero-order chi connectivity index (χ0) is 8.72. The van der Waals surface area contributed by atoms with Gasteiger partial charge in [0.2, 0.25) is 0 Å². The number of halogens is 2. The van der Waals surface area contributed by atoms with Gasteiger partial charge in [-0.2, -0.15) is 0 Å². The van der Waals surface area contributed by atoms with Crippen molar-refractivity contribution in [3.05, 3.63) is 33.5 Å². The van der Waals surface area contributed by atoms with Crippen LogP contribution in [-0.4, -0.2) is 0 Å². The lowest BCUT2D eigenvalue weighted by atomic mass is 10.2. The van der Waals surface area contributed by atoms with E-state index in [4.69, 9.17) is 16.0 Å². The maximum absolute atomic E-state index is 5.84. The summed E-state index contributed by atoms with van der Waals surface area (Å²) in [6.45, 7) is 1.92. The van der Waals surface area contributed by atoms with E-state index in [-0.39, 0.29) is 0 Å². The summed E-state index contributed by atoms with van der Waals surface area (Å²) < 4.78 is 6.39. The normalized spacial score (nSPS) is 10.9. The second kappa shape index (κ2) is 2.79. The van der Waals surface area contributed by atoms with Gasteiger partial charge in [-0.1, -0.05) is 11.6 Å². The zero-order valence-electron chi connectivity index (χ0n) is 6.40. The molecular weight excluding hydrogens is 239 g/mol. The third kappa shape index (κ3) is 1.25. The van der Waals surface area contributed by atoms with Gasteiger partial charge >= 0.3 is 0 Å². The number of rotatable bonds is 0. The number of aryl methyl sites for hydroxylation is 1. The van der Waals surface area contributed by atoms with E-state index in [9.17, 15) is 0 Å². The van der Waals surface area contributed by atoms with E-state index in [0.29, 0.717) is 5.02 Å². The molecule has 0 saturated heterocycles. The van der Waals surface area contributed by atoms with Crippen molar-refractivity contribution in [2.75, 3.05) is 0 Å². The highest BCUT2D eigenvalue weighted by Gasteiger charge is 2.04. The van der Waals surface area contributed by atoms with Crippen molar-refractivity contribution < 1.29 is 4.42 Å². The molecule has 1 heterocycles. The van der Waals surface area contributed by atoms with Gasteiger partial charge in [0.25, 0.3) is 0 Å². The Morgan fingerprint density at radius 3 is 2.83 bits per heavy atom. The molecule has 0 fully saturated rings. The molecule has 12 heavy (non-hydrogen) atoms. The third-order valence-electron chi connectivity index (χ3n) is 1.67. The summed E-state index contributed by atoms with van der Waals surface area (Å²) in [7, 11) is 0. The minimum atomic E-state index is 0.684. The zero-order valence-corrected chi connectivity index (χ0v) is 8.74. The van der Waals surface area contributed by atoms with E-state index in [1.54, 1.807) is 0 Å². The Kier molecular flexibility index (Phi) is 1.89. The van der Waals surface area contributed by atoms with Crippen LogP contribution < -0.4 is 0 Å². The first kappa shape index (κ1) is 8.14. The minimum Gasteiger partial charge on any atom is -0.461 e. The highest BCUT2D eigenvalue weighted by atomic mass is 79.9. The molecule has 0 aliphatic heterocycles. The fraction of sp³-hybridized carbons (Fsp3) is 0.111. The average Bonchev–Trinajstić information content (AvgIpc) is 2.29. The highest BCUT2D eigenvalue weighted by molar-refractivity contribution is 9.10. The summed E-state index contributed by atoms with van der Waals surface area (Å²) in [5, 5.41) is 1.75. The lowest BCUT2D eigenvalue weighted by Gasteiger charge is -1.93. The molecule has 0 saturated carbocycles. The van der Waals surface area contributed by atoms with Gasteiger partial charge in [-0.05, 0) is 35.0 Å². The van der Waals surface area contributed by atoms with Crippen molar-refractivity contribution in [2.24, 2.45) is 0 Å². The molecule has 0 N–H and O–H groups in total. The molecule has 0 aliphatic rings. The molecule has 2 rings (SSSR count). The predicted octanol–water partition coefficient (Wildman–Crippen LogP) is 4.16. The third-order valence-corrected chi connectivity index (χ3v) is 2.55. The first-order chi connectivity index (χ1) is 5.66. The van der Waals surface area contributed by atoms with Crippen molar-refractivity contribution in [3.63, 3.8) is 0 Å². The molecule has 1 aromatic carbocycles. The standard InChI is InChI=1S/C9H6BrClO/c1-5-2-7-8(10)3-6(11)4-9(7)12-5/h2-4H,1H3. The van der Waals surface area contributed by atoms with Crippen molar-refractivity contribution in [2.45, 2.75) is 6.92 Å². The monoisotopic (exact) mass is 244 g/mol. The van der Waals surface area contributed by atoms with Crippen LogP contribution in [0.25, 0.3) is 11.0 Å². The van der Waals surface area contributed by atoms with Crippen LogP contribution in [0.3, 0.4) is 0 Å². The first-order valence-electron chi connectivity index (χ1n) is 3.52. The van der Waals surface area contributed by atoms with Crippen LogP contribution in [-0.2, 0) is 0 Å². The van der Waals surface area contributed by atoms with E-state index in [2.05, 4.69) is 15.9 Å². The molecule has 0 unspecified atom stereocenters. The Balaban J connectivity index is 2.88.